The molecular weight excluding hydrogens is 288 g/mol. The van der Waals surface area contributed by atoms with Crippen molar-refractivity contribution in [2.75, 3.05) is 31.2 Å². The van der Waals surface area contributed by atoms with Crippen LogP contribution in [0.15, 0.2) is 0 Å². The standard InChI is InChI=1S/C15H26N2O3S/c1-4-20-14(19)11-10-21-9-8-17(11)13(18)12-15(2,3)6-5-7-16-12/h11-12,16H,4-10H2,1-3H3. The molecule has 1 amide bonds. The minimum absolute atomic E-state index is 0.0538. The third kappa shape index (κ3) is 3.72. The molecule has 2 aliphatic rings. The second-order valence-corrected chi connectivity index (χ2v) is 7.50. The van der Waals surface area contributed by atoms with Crippen LogP contribution in [-0.4, -0.2) is 60.1 Å². The molecule has 2 unspecified atom stereocenters. The van der Waals surface area contributed by atoms with Gasteiger partial charge in [0.15, 0.2) is 0 Å². The maximum absolute atomic E-state index is 12.9. The van der Waals surface area contributed by atoms with Crippen LogP contribution >= 0.6 is 11.8 Å². The summed E-state index contributed by atoms with van der Waals surface area (Å²) in [6, 6.07) is -0.637. The molecule has 0 radical (unpaired) electrons. The largest absolute Gasteiger partial charge is 0.464 e. The molecule has 2 atom stereocenters. The molecule has 0 spiro atoms. The number of rotatable bonds is 3. The highest BCUT2D eigenvalue weighted by molar-refractivity contribution is 7.99. The van der Waals surface area contributed by atoms with Gasteiger partial charge in [0.1, 0.15) is 6.04 Å². The van der Waals surface area contributed by atoms with E-state index in [2.05, 4.69) is 19.2 Å². The number of nitrogens with one attached hydrogen (secondary N) is 1. The highest BCUT2D eigenvalue weighted by Gasteiger charge is 2.43. The summed E-state index contributed by atoms with van der Waals surface area (Å²) in [6.07, 6.45) is 2.12. The van der Waals surface area contributed by atoms with Crippen molar-refractivity contribution in [3.05, 3.63) is 0 Å². The monoisotopic (exact) mass is 314 g/mol. The van der Waals surface area contributed by atoms with Crippen molar-refractivity contribution in [3.63, 3.8) is 0 Å². The van der Waals surface area contributed by atoms with E-state index in [1.807, 2.05) is 0 Å². The predicted octanol–water partition coefficient (Wildman–Crippen LogP) is 1.27. The molecule has 2 saturated heterocycles. The van der Waals surface area contributed by atoms with Gasteiger partial charge in [-0.15, -0.1) is 0 Å². The quantitative estimate of drug-likeness (QED) is 0.795. The predicted molar refractivity (Wildman–Crippen MR) is 84.3 cm³/mol. The van der Waals surface area contributed by atoms with E-state index < -0.39 is 6.04 Å². The Labute approximate surface area is 131 Å². The molecule has 0 aliphatic carbocycles. The van der Waals surface area contributed by atoms with Crippen LogP contribution in [-0.2, 0) is 14.3 Å². The Morgan fingerprint density at radius 2 is 2.19 bits per heavy atom. The van der Waals surface area contributed by atoms with Crippen LogP contribution in [0.25, 0.3) is 0 Å². The first-order chi connectivity index (χ1) is 9.97. The zero-order valence-electron chi connectivity index (χ0n) is 13.2. The molecule has 0 aromatic rings. The highest BCUT2D eigenvalue weighted by atomic mass is 32.2. The fraction of sp³-hybridized carbons (Fsp3) is 0.867. The number of piperidine rings is 1. The second kappa shape index (κ2) is 7.01. The average molecular weight is 314 g/mol. The Balaban J connectivity index is 2.12. The second-order valence-electron chi connectivity index (χ2n) is 6.35. The maximum Gasteiger partial charge on any atom is 0.329 e. The smallest absolute Gasteiger partial charge is 0.329 e. The third-order valence-corrected chi connectivity index (χ3v) is 5.37. The number of ether oxygens (including phenoxy) is 1. The number of thioether (sulfide) groups is 1. The van der Waals surface area contributed by atoms with Crippen LogP contribution in [0.2, 0.25) is 0 Å². The summed E-state index contributed by atoms with van der Waals surface area (Å²) in [5, 5.41) is 3.35. The third-order valence-electron chi connectivity index (χ3n) is 4.34. The molecule has 0 aromatic carbocycles. The summed E-state index contributed by atoms with van der Waals surface area (Å²) in [7, 11) is 0. The van der Waals surface area contributed by atoms with Gasteiger partial charge in [0, 0.05) is 18.1 Å². The lowest BCUT2D eigenvalue weighted by molar-refractivity contribution is -0.155. The van der Waals surface area contributed by atoms with Crippen LogP contribution in [0, 0.1) is 5.41 Å². The van der Waals surface area contributed by atoms with Gasteiger partial charge < -0.3 is 15.0 Å². The summed E-state index contributed by atoms with van der Waals surface area (Å²) in [5.74, 6) is 1.30. The SMILES string of the molecule is CCOC(=O)C1CSCCN1C(=O)C1NCCCC1(C)C. The molecule has 1 N–H and O–H groups in total. The molecule has 2 fully saturated rings. The minimum Gasteiger partial charge on any atom is -0.464 e. The summed E-state index contributed by atoms with van der Waals surface area (Å²) in [5.41, 5.74) is -0.0703. The molecule has 0 saturated carbocycles. The fourth-order valence-electron chi connectivity index (χ4n) is 3.10. The molecule has 2 aliphatic heterocycles. The lowest BCUT2D eigenvalue weighted by Crippen LogP contribution is -2.61. The summed E-state index contributed by atoms with van der Waals surface area (Å²) < 4.78 is 5.13. The van der Waals surface area contributed by atoms with Gasteiger partial charge in [-0.3, -0.25) is 4.79 Å². The van der Waals surface area contributed by atoms with Crippen molar-refractivity contribution < 1.29 is 14.3 Å². The van der Waals surface area contributed by atoms with Crippen molar-refractivity contribution >= 4 is 23.6 Å². The number of amides is 1. The lowest BCUT2D eigenvalue weighted by Gasteiger charge is -2.43. The van der Waals surface area contributed by atoms with E-state index in [-0.39, 0.29) is 23.3 Å². The summed E-state index contributed by atoms with van der Waals surface area (Å²) in [6.45, 7) is 7.90. The number of hydrogen-bond acceptors (Lipinski definition) is 5. The summed E-state index contributed by atoms with van der Waals surface area (Å²) >= 11 is 1.71. The van der Waals surface area contributed by atoms with E-state index in [9.17, 15) is 9.59 Å². The van der Waals surface area contributed by atoms with Gasteiger partial charge in [-0.1, -0.05) is 13.8 Å². The minimum atomic E-state index is -0.435. The van der Waals surface area contributed by atoms with Gasteiger partial charge in [-0.2, -0.15) is 11.8 Å². The van der Waals surface area contributed by atoms with Gasteiger partial charge in [0.05, 0.1) is 12.6 Å². The van der Waals surface area contributed by atoms with Gasteiger partial charge in [0.25, 0.3) is 0 Å². The van der Waals surface area contributed by atoms with Gasteiger partial charge in [-0.25, -0.2) is 4.79 Å². The van der Waals surface area contributed by atoms with Crippen LogP contribution in [0.1, 0.15) is 33.6 Å². The number of hydrogen-bond donors (Lipinski definition) is 1. The van der Waals surface area contributed by atoms with Gasteiger partial charge in [0.2, 0.25) is 5.91 Å². The summed E-state index contributed by atoms with van der Waals surface area (Å²) in [4.78, 5) is 26.8. The van der Waals surface area contributed by atoms with Gasteiger partial charge in [-0.05, 0) is 31.7 Å². The number of esters is 1. The number of carbonyl (C=O) groups excluding carboxylic acids is 2. The molecule has 6 heteroatoms. The molecule has 5 nitrogen and oxygen atoms in total. The van der Waals surface area contributed by atoms with E-state index in [1.165, 1.54) is 0 Å². The molecule has 0 bridgehead atoms. The van der Waals surface area contributed by atoms with Crippen molar-refractivity contribution in [3.8, 4) is 0 Å². The van der Waals surface area contributed by atoms with E-state index in [0.717, 1.165) is 25.1 Å². The van der Waals surface area contributed by atoms with Crippen LogP contribution in [0.3, 0.4) is 0 Å². The first-order valence-electron chi connectivity index (χ1n) is 7.75. The van der Waals surface area contributed by atoms with E-state index in [0.29, 0.717) is 18.9 Å². The van der Waals surface area contributed by atoms with Crippen molar-refractivity contribution in [2.45, 2.75) is 45.7 Å². The Morgan fingerprint density at radius 3 is 2.86 bits per heavy atom. The van der Waals surface area contributed by atoms with Crippen molar-refractivity contribution in [1.29, 1.82) is 0 Å². The fourth-order valence-corrected chi connectivity index (χ4v) is 4.13. The van der Waals surface area contributed by atoms with Crippen molar-refractivity contribution in [2.24, 2.45) is 5.41 Å². The molecule has 0 aromatic heterocycles. The molecule has 2 rings (SSSR count). The normalized spacial score (nSPS) is 29.0. The Bertz CT molecular complexity index is 400. The first kappa shape index (κ1) is 16.6. The molecule has 2 heterocycles. The first-order valence-corrected chi connectivity index (χ1v) is 8.91. The van der Waals surface area contributed by atoms with Gasteiger partial charge >= 0.3 is 5.97 Å². The highest BCUT2D eigenvalue weighted by Crippen LogP contribution is 2.32. The maximum atomic E-state index is 12.9. The molecule has 120 valence electrons. The zero-order valence-corrected chi connectivity index (χ0v) is 14.0. The number of carbonyl (C=O) groups is 2. The van der Waals surface area contributed by atoms with Crippen LogP contribution in [0.5, 0.6) is 0 Å². The number of nitrogens with zero attached hydrogens (tertiary/aromatic N) is 1. The molecule has 21 heavy (non-hydrogen) atoms. The topological polar surface area (TPSA) is 58.6 Å². The Hall–Kier alpha value is -0.750. The van der Waals surface area contributed by atoms with E-state index >= 15 is 0 Å². The molecular formula is C15H26N2O3S. The van der Waals surface area contributed by atoms with E-state index in [4.69, 9.17) is 4.74 Å². The Kier molecular flexibility index (Phi) is 5.54. The van der Waals surface area contributed by atoms with Crippen molar-refractivity contribution in [1.82, 2.24) is 10.2 Å². The zero-order chi connectivity index (χ0) is 15.5. The average Bonchev–Trinajstić information content (AvgIpc) is 2.46. The Morgan fingerprint density at radius 1 is 1.43 bits per heavy atom. The lowest BCUT2D eigenvalue weighted by atomic mass is 9.77. The van der Waals surface area contributed by atoms with E-state index in [1.54, 1.807) is 23.6 Å². The van der Waals surface area contributed by atoms with Crippen LogP contribution in [0.4, 0.5) is 0 Å². The van der Waals surface area contributed by atoms with Crippen LogP contribution < -0.4 is 5.32 Å².